The van der Waals surface area contributed by atoms with Crippen molar-refractivity contribution in [3.63, 3.8) is 0 Å². The van der Waals surface area contributed by atoms with Gasteiger partial charge in [0.1, 0.15) is 6.04 Å². The minimum Gasteiger partial charge on any atom is -0.336 e. The maximum atomic E-state index is 14.5. The molecule has 0 fully saturated rings. The van der Waals surface area contributed by atoms with Crippen LogP contribution in [0.5, 0.6) is 0 Å². The standard InChI is InChI=1S/C39H34BrN3O2/c40-35-15-7-6-13-32(35)21-22-38(44)43(27-30-17-19-33(20-18-30)36-16-8-9-24-41-36)37(26-29-10-2-1-3-11-29)39(45)42-25-23-31-12-4-5-14-34(31)28-42/h1-22,24,37H,23,25-28H2/b22-21+/t37-/m0/s1. The second-order valence-corrected chi connectivity index (χ2v) is 12.1. The first-order valence-electron chi connectivity index (χ1n) is 15.2. The Morgan fingerprint density at radius 2 is 1.51 bits per heavy atom. The zero-order chi connectivity index (χ0) is 31.0. The zero-order valence-corrected chi connectivity index (χ0v) is 26.5. The van der Waals surface area contributed by atoms with E-state index < -0.39 is 6.04 Å². The van der Waals surface area contributed by atoms with Gasteiger partial charge in [0.15, 0.2) is 0 Å². The minimum absolute atomic E-state index is 0.0406. The fraction of sp³-hybridized carbons (Fsp3) is 0.154. The molecule has 6 heteroatoms. The first kappa shape index (κ1) is 30.2. The Morgan fingerprint density at radius 1 is 0.800 bits per heavy atom. The summed E-state index contributed by atoms with van der Waals surface area (Å²) in [5.41, 5.74) is 7.15. The van der Waals surface area contributed by atoms with Crippen LogP contribution in [0.2, 0.25) is 0 Å². The van der Waals surface area contributed by atoms with Crippen molar-refractivity contribution in [1.29, 1.82) is 0 Å². The van der Waals surface area contributed by atoms with Crippen LogP contribution in [-0.2, 0) is 35.5 Å². The topological polar surface area (TPSA) is 53.5 Å². The first-order valence-corrected chi connectivity index (χ1v) is 16.0. The van der Waals surface area contributed by atoms with Gasteiger partial charge in [0.05, 0.1) is 5.69 Å². The number of carbonyl (C=O) groups excluding carboxylic acids is 2. The number of halogens is 1. The number of amides is 2. The van der Waals surface area contributed by atoms with E-state index in [9.17, 15) is 9.59 Å². The monoisotopic (exact) mass is 655 g/mol. The van der Waals surface area contributed by atoms with Crippen LogP contribution < -0.4 is 0 Å². The highest BCUT2D eigenvalue weighted by Crippen LogP contribution is 2.25. The molecule has 2 amide bonds. The van der Waals surface area contributed by atoms with E-state index in [1.165, 1.54) is 5.56 Å². The Morgan fingerprint density at radius 3 is 2.27 bits per heavy atom. The summed E-state index contributed by atoms with van der Waals surface area (Å²) in [5, 5.41) is 0. The lowest BCUT2D eigenvalue weighted by atomic mass is 9.97. The molecule has 1 aliphatic heterocycles. The van der Waals surface area contributed by atoms with Crippen LogP contribution in [0.15, 0.2) is 138 Å². The second kappa shape index (κ2) is 14.3. The first-order chi connectivity index (χ1) is 22.0. The average Bonchev–Trinajstić information content (AvgIpc) is 3.10. The van der Waals surface area contributed by atoms with E-state index in [4.69, 9.17) is 0 Å². The summed E-state index contributed by atoms with van der Waals surface area (Å²) in [7, 11) is 0. The summed E-state index contributed by atoms with van der Waals surface area (Å²) in [6, 6.07) is 39.2. The van der Waals surface area contributed by atoms with Gasteiger partial charge >= 0.3 is 0 Å². The highest BCUT2D eigenvalue weighted by Gasteiger charge is 2.34. The van der Waals surface area contributed by atoms with Gasteiger partial charge < -0.3 is 9.80 Å². The lowest BCUT2D eigenvalue weighted by Gasteiger charge is -2.37. The van der Waals surface area contributed by atoms with Crippen molar-refractivity contribution in [2.75, 3.05) is 6.54 Å². The third kappa shape index (κ3) is 7.47. The third-order valence-electron chi connectivity index (χ3n) is 8.24. The Kier molecular flexibility index (Phi) is 9.61. The molecule has 0 saturated carbocycles. The van der Waals surface area contributed by atoms with Gasteiger partial charge in [0.2, 0.25) is 11.8 Å². The minimum atomic E-state index is -0.690. The van der Waals surface area contributed by atoms with Crippen LogP contribution in [-0.4, -0.2) is 39.2 Å². The van der Waals surface area contributed by atoms with Crippen LogP contribution in [0, 0.1) is 0 Å². The van der Waals surface area contributed by atoms with Crippen molar-refractivity contribution < 1.29 is 9.59 Å². The van der Waals surface area contributed by atoms with Gasteiger partial charge in [-0.05, 0) is 58.5 Å². The molecule has 5 nitrogen and oxygen atoms in total. The van der Waals surface area contributed by atoms with Gasteiger partial charge in [-0.3, -0.25) is 14.6 Å². The molecule has 0 spiro atoms. The summed E-state index contributed by atoms with van der Waals surface area (Å²) in [4.78, 5) is 36.8. The Balaban J connectivity index is 1.35. The van der Waals surface area contributed by atoms with Gasteiger partial charge in [-0.2, -0.15) is 0 Å². The number of fused-ring (bicyclic) bond motifs is 1. The quantitative estimate of drug-likeness (QED) is 0.153. The third-order valence-corrected chi connectivity index (χ3v) is 8.96. The number of carbonyl (C=O) groups is 2. The largest absolute Gasteiger partial charge is 0.336 e. The maximum absolute atomic E-state index is 14.5. The fourth-order valence-corrected chi connectivity index (χ4v) is 6.20. The zero-order valence-electron chi connectivity index (χ0n) is 24.9. The highest BCUT2D eigenvalue weighted by atomic mass is 79.9. The predicted molar refractivity (Wildman–Crippen MR) is 183 cm³/mol. The smallest absolute Gasteiger partial charge is 0.247 e. The van der Waals surface area contributed by atoms with Crippen LogP contribution in [0.25, 0.3) is 17.3 Å². The summed E-state index contributed by atoms with van der Waals surface area (Å²) < 4.78 is 0.898. The lowest BCUT2D eigenvalue weighted by molar-refractivity contribution is -0.144. The number of nitrogens with zero attached hydrogens (tertiary/aromatic N) is 3. The molecule has 0 unspecified atom stereocenters. The van der Waals surface area contributed by atoms with Crippen LogP contribution in [0.4, 0.5) is 0 Å². The maximum Gasteiger partial charge on any atom is 0.247 e. The average molecular weight is 657 g/mol. The van der Waals surface area contributed by atoms with E-state index in [0.717, 1.165) is 44.4 Å². The predicted octanol–water partition coefficient (Wildman–Crippen LogP) is 7.75. The summed E-state index contributed by atoms with van der Waals surface area (Å²) in [5.74, 6) is -0.257. The number of pyridine rings is 1. The fourth-order valence-electron chi connectivity index (χ4n) is 5.78. The molecular weight excluding hydrogens is 622 g/mol. The number of hydrogen-bond acceptors (Lipinski definition) is 3. The van der Waals surface area contributed by atoms with E-state index in [0.29, 0.717) is 19.5 Å². The molecule has 2 heterocycles. The molecule has 0 aliphatic carbocycles. The van der Waals surface area contributed by atoms with Gasteiger partial charge in [-0.1, -0.05) is 119 Å². The van der Waals surface area contributed by atoms with Gasteiger partial charge in [-0.25, -0.2) is 0 Å². The van der Waals surface area contributed by atoms with E-state index in [2.05, 4.69) is 33.0 Å². The lowest BCUT2D eigenvalue weighted by Crippen LogP contribution is -2.52. The van der Waals surface area contributed by atoms with E-state index in [1.807, 2.05) is 120 Å². The molecule has 1 aliphatic rings. The molecule has 4 aromatic carbocycles. The summed E-state index contributed by atoms with van der Waals surface area (Å²) >= 11 is 3.58. The molecule has 6 rings (SSSR count). The molecule has 45 heavy (non-hydrogen) atoms. The molecule has 1 aromatic heterocycles. The Labute approximate surface area is 273 Å². The van der Waals surface area contributed by atoms with Gasteiger partial charge in [0.25, 0.3) is 0 Å². The summed E-state index contributed by atoms with van der Waals surface area (Å²) in [6.45, 7) is 1.44. The van der Waals surface area contributed by atoms with Crippen molar-refractivity contribution in [2.24, 2.45) is 0 Å². The van der Waals surface area contributed by atoms with E-state index in [-0.39, 0.29) is 18.4 Å². The van der Waals surface area contributed by atoms with E-state index in [1.54, 1.807) is 17.2 Å². The molecule has 0 saturated heterocycles. The Hall–Kier alpha value is -4.81. The van der Waals surface area contributed by atoms with Gasteiger partial charge in [0, 0.05) is 48.4 Å². The van der Waals surface area contributed by atoms with Crippen molar-refractivity contribution >= 4 is 33.8 Å². The normalized spacial score (nSPS) is 13.3. The van der Waals surface area contributed by atoms with Crippen LogP contribution in [0.3, 0.4) is 0 Å². The van der Waals surface area contributed by atoms with Crippen molar-refractivity contribution in [2.45, 2.75) is 32.0 Å². The number of benzene rings is 4. The van der Waals surface area contributed by atoms with E-state index >= 15 is 0 Å². The molecule has 0 radical (unpaired) electrons. The molecule has 0 bridgehead atoms. The summed E-state index contributed by atoms with van der Waals surface area (Å²) in [6.07, 6.45) is 6.38. The van der Waals surface area contributed by atoms with Crippen LogP contribution in [0.1, 0.15) is 27.8 Å². The highest BCUT2D eigenvalue weighted by molar-refractivity contribution is 9.10. The Bertz CT molecular complexity index is 1790. The molecule has 0 N–H and O–H groups in total. The van der Waals surface area contributed by atoms with Crippen LogP contribution >= 0.6 is 15.9 Å². The number of rotatable bonds is 9. The molecule has 1 atom stereocenters. The number of hydrogen-bond donors (Lipinski definition) is 0. The second-order valence-electron chi connectivity index (χ2n) is 11.2. The molecule has 5 aromatic rings. The molecule has 224 valence electrons. The number of aromatic nitrogens is 1. The van der Waals surface area contributed by atoms with Gasteiger partial charge in [-0.15, -0.1) is 0 Å². The SMILES string of the molecule is O=C([C@H](Cc1ccccc1)N(Cc1ccc(-c2ccccn2)cc1)C(=O)/C=C/c1ccccc1Br)N1CCc2ccccc2C1. The molecular formula is C39H34BrN3O2. The van der Waals surface area contributed by atoms with Crippen molar-refractivity contribution in [3.8, 4) is 11.3 Å². The van der Waals surface area contributed by atoms with Crippen molar-refractivity contribution in [3.05, 3.63) is 166 Å². The van der Waals surface area contributed by atoms with Crippen molar-refractivity contribution in [1.82, 2.24) is 14.8 Å².